The van der Waals surface area contributed by atoms with Gasteiger partial charge in [-0.25, -0.2) is 0 Å². The monoisotopic (exact) mass is 614 g/mol. The lowest BCUT2D eigenvalue weighted by atomic mass is 9.79. The lowest BCUT2D eigenvalue weighted by Crippen LogP contribution is -2.29. The van der Waals surface area contributed by atoms with Gasteiger partial charge in [0, 0.05) is 21.4 Å². The second-order valence-corrected chi connectivity index (χ2v) is 10.3. The zero-order valence-corrected chi connectivity index (χ0v) is 24.6. The molecule has 0 heterocycles. The van der Waals surface area contributed by atoms with Gasteiger partial charge in [0.1, 0.15) is 0 Å². The van der Waals surface area contributed by atoms with Crippen LogP contribution in [0.25, 0.3) is 33.4 Å². The Hall–Kier alpha value is -4.62. The number of para-hydroxylation sites is 2. The number of benzene rings is 6. The van der Waals surface area contributed by atoms with Gasteiger partial charge in [0.05, 0.1) is 0 Å². The molecule has 6 heteroatoms. The Balaban J connectivity index is 0.000000157. The van der Waals surface area contributed by atoms with Crippen LogP contribution in [-0.2, 0) is 0 Å². The molecule has 6 aromatic carbocycles. The minimum atomic E-state index is -1.41. The van der Waals surface area contributed by atoms with Gasteiger partial charge in [-0.1, -0.05) is 133 Å². The van der Waals surface area contributed by atoms with E-state index in [1.807, 2.05) is 91.0 Å². The molecule has 0 bridgehead atoms. The first-order valence-corrected chi connectivity index (χ1v) is 14.2. The van der Waals surface area contributed by atoms with Crippen LogP contribution in [0.15, 0.2) is 162 Å². The van der Waals surface area contributed by atoms with Crippen LogP contribution >= 0.6 is 15.9 Å². The molecule has 0 fully saturated rings. The summed E-state index contributed by atoms with van der Waals surface area (Å²) in [7, 11) is -1.41. The van der Waals surface area contributed by atoms with Crippen LogP contribution in [0.5, 0.6) is 0 Å². The first-order valence-electron chi connectivity index (χ1n) is 13.4. The molecule has 0 unspecified atom stereocenters. The van der Waals surface area contributed by atoms with Crippen molar-refractivity contribution in [1.29, 1.82) is 0 Å². The van der Waals surface area contributed by atoms with E-state index in [1.165, 1.54) is 11.1 Å². The van der Waals surface area contributed by atoms with E-state index in [1.54, 1.807) is 12.1 Å². The van der Waals surface area contributed by atoms with E-state index in [2.05, 4.69) is 70.5 Å². The van der Waals surface area contributed by atoms with E-state index >= 15 is 0 Å². The van der Waals surface area contributed by atoms with Crippen molar-refractivity contribution in [1.82, 2.24) is 0 Å². The first kappa shape index (κ1) is 30.3. The van der Waals surface area contributed by atoms with Crippen molar-refractivity contribution < 1.29 is 10.0 Å². The van der Waals surface area contributed by atoms with Crippen LogP contribution in [0, 0.1) is 0 Å². The molecule has 0 atom stereocenters. The van der Waals surface area contributed by atoms with Gasteiger partial charge in [-0.15, -0.1) is 0 Å². The molecule has 208 valence electrons. The molecule has 42 heavy (non-hydrogen) atoms. The largest absolute Gasteiger partial charge is 0.488 e. The Morgan fingerprint density at radius 3 is 1.40 bits per heavy atom. The van der Waals surface area contributed by atoms with Gasteiger partial charge in [0.2, 0.25) is 0 Å². The lowest BCUT2D eigenvalue weighted by Gasteiger charge is -2.08. The standard InChI is InChI=1S/C18H15N.C12H11BO2.C6H6BrN/c19-18-12-5-4-11-17(18)16-10-6-9-15(13-16)14-7-2-1-3-8-14;14-13(15)12-8-4-7-11(9-12)10-5-2-1-3-6-10;7-5-3-1-2-4-6(5)8/h1-13H,19H2;1-9,14-15H;1-4H,8H2. The molecule has 6 N–H and O–H groups in total. The molecule has 0 spiro atoms. The average molecular weight is 615 g/mol. The van der Waals surface area contributed by atoms with Crippen LogP contribution in [0.4, 0.5) is 11.4 Å². The third kappa shape index (κ3) is 8.69. The Bertz CT molecular complexity index is 1680. The molecule has 0 aliphatic heterocycles. The molecular weight excluding hydrogens is 583 g/mol. The highest BCUT2D eigenvalue weighted by atomic mass is 79.9. The quantitative estimate of drug-likeness (QED) is 0.121. The van der Waals surface area contributed by atoms with Crippen molar-refractivity contribution in [3.8, 4) is 33.4 Å². The molecule has 6 aromatic rings. The molecule has 0 aliphatic rings. The summed E-state index contributed by atoms with van der Waals surface area (Å²) in [5.41, 5.74) is 20.3. The Kier molecular flexibility index (Phi) is 11.1. The maximum atomic E-state index is 9.05. The number of hydrogen-bond acceptors (Lipinski definition) is 4. The van der Waals surface area contributed by atoms with Crippen molar-refractivity contribution >= 4 is 39.9 Å². The highest BCUT2D eigenvalue weighted by molar-refractivity contribution is 9.10. The van der Waals surface area contributed by atoms with Gasteiger partial charge in [-0.3, -0.25) is 0 Å². The number of halogens is 1. The topological polar surface area (TPSA) is 92.5 Å². The van der Waals surface area contributed by atoms with E-state index in [0.717, 1.165) is 38.1 Å². The van der Waals surface area contributed by atoms with Gasteiger partial charge in [0.15, 0.2) is 0 Å². The summed E-state index contributed by atoms with van der Waals surface area (Å²) in [5.74, 6) is 0. The number of nitrogen functional groups attached to an aromatic ring is 2. The zero-order valence-electron chi connectivity index (χ0n) is 23.0. The summed E-state index contributed by atoms with van der Waals surface area (Å²) in [4.78, 5) is 0. The van der Waals surface area contributed by atoms with E-state index in [4.69, 9.17) is 21.5 Å². The van der Waals surface area contributed by atoms with Crippen LogP contribution in [0.3, 0.4) is 0 Å². The van der Waals surface area contributed by atoms with Crippen molar-refractivity contribution in [2.45, 2.75) is 0 Å². The third-order valence-corrected chi connectivity index (χ3v) is 7.16. The summed E-state index contributed by atoms with van der Waals surface area (Å²) in [6.07, 6.45) is 0. The van der Waals surface area contributed by atoms with Crippen LogP contribution < -0.4 is 16.9 Å². The van der Waals surface area contributed by atoms with Crippen molar-refractivity contribution in [3.63, 3.8) is 0 Å². The average Bonchev–Trinajstić information content (AvgIpc) is 3.04. The van der Waals surface area contributed by atoms with E-state index in [0.29, 0.717) is 5.46 Å². The Morgan fingerprint density at radius 1 is 0.429 bits per heavy atom. The second kappa shape index (κ2) is 15.4. The van der Waals surface area contributed by atoms with Crippen molar-refractivity contribution in [2.24, 2.45) is 0 Å². The first-order chi connectivity index (χ1) is 20.4. The minimum absolute atomic E-state index is 0.511. The number of rotatable bonds is 4. The SMILES string of the molecule is Nc1ccccc1-c1cccc(-c2ccccc2)c1.Nc1ccccc1Br.OB(O)c1cccc(-c2ccccc2)c1. The molecule has 0 aliphatic carbocycles. The maximum absolute atomic E-state index is 9.05. The Labute approximate surface area is 256 Å². The van der Waals surface area contributed by atoms with Crippen LogP contribution in [0.2, 0.25) is 0 Å². The van der Waals surface area contributed by atoms with Gasteiger partial charge < -0.3 is 21.5 Å². The normalized spacial score (nSPS) is 9.98. The minimum Gasteiger partial charge on any atom is -0.423 e. The number of anilines is 2. The summed E-state index contributed by atoms with van der Waals surface area (Å²) in [6, 6.07) is 51.5. The molecule has 0 aromatic heterocycles. The fraction of sp³-hybridized carbons (Fsp3) is 0. The predicted octanol–water partition coefficient (Wildman–Crippen LogP) is 7.67. The lowest BCUT2D eigenvalue weighted by molar-refractivity contribution is 0.426. The summed E-state index contributed by atoms with van der Waals surface area (Å²) < 4.78 is 0.958. The van der Waals surface area contributed by atoms with Crippen molar-refractivity contribution in [2.75, 3.05) is 11.5 Å². The number of nitrogens with two attached hydrogens (primary N) is 2. The van der Waals surface area contributed by atoms with E-state index < -0.39 is 7.12 Å². The fourth-order valence-electron chi connectivity index (χ4n) is 4.24. The van der Waals surface area contributed by atoms with Crippen LogP contribution in [-0.4, -0.2) is 17.2 Å². The maximum Gasteiger partial charge on any atom is 0.488 e. The smallest absolute Gasteiger partial charge is 0.423 e. The zero-order chi connectivity index (χ0) is 29.7. The fourth-order valence-corrected chi connectivity index (χ4v) is 4.53. The third-order valence-electron chi connectivity index (χ3n) is 6.44. The highest BCUT2D eigenvalue weighted by Gasteiger charge is 2.10. The Morgan fingerprint density at radius 2 is 0.881 bits per heavy atom. The molecular formula is C36H32BBrN2O2. The molecule has 0 saturated heterocycles. The van der Waals surface area contributed by atoms with Crippen molar-refractivity contribution in [3.05, 3.63) is 162 Å². The summed E-state index contributed by atoms with van der Waals surface area (Å²) in [6.45, 7) is 0. The van der Waals surface area contributed by atoms with E-state index in [9.17, 15) is 0 Å². The summed E-state index contributed by atoms with van der Waals surface area (Å²) >= 11 is 3.27. The van der Waals surface area contributed by atoms with E-state index in [-0.39, 0.29) is 0 Å². The van der Waals surface area contributed by atoms with Gasteiger partial charge in [0.25, 0.3) is 0 Å². The molecule has 0 saturated carbocycles. The van der Waals surface area contributed by atoms with Gasteiger partial charge in [-0.2, -0.15) is 0 Å². The molecule has 4 nitrogen and oxygen atoms in total. The molecule has 0 amide bonds. The summed E-state index contributed by atoms with van der Waals surface area (Å²) in [5, 5.41) is 18.1. The van der Waals surface area contributed by atoms with Crippen LogP contribution in [0.1, 0.15) is 0 Å². The molecule has 6 rings (SSSR count). The van der Waals surface area contributed by atoms with Gasteiger partial charge >= 0.3 is 7.12 Å². The number of hydrogen-bond donors (Lipinski definition) is 4. The molecule has 0 radical (unpaired) electrons. The highest BCUT2D eigenvalue weighted by Crippen LogP contribution is 2.29. The second-order valence-electron chi connectivity index (χ2n) is 9.42. The van der Waals surface area contributed by atoms with Gasteiger partial charge in [-0.05, 0) is 73.5 Å². The predicted molar refractivity (Wildman–Crippen MR) is 182 cm³/mol.